The summed E-state index contributed by atoms with van der Waals surface area (Å²) in [6, 6.07) is 3.11. The predicted octanol–water partition coefficient (Wildman–Crippen LogP) is 2.81. The number of pyridine rings is 1. The first-order valence-corrected chi connectivity index (χ1v) is 7.88. The van der Waals surface area contributed by atoms with Crippen molar-refractivity contribution in [3.63, 3.8) is 0 Å². The van der Waals surface area contributed by atoms with E-state index in [0.29, 0.717) is 10.2 Å². The molecular weight excluding hydrogens is 368 g/mol. The quantitative estimate of drug-likeness (QED) is 0.636. The molecule has 0 aliphatic rings. The maximum Gasteiger partial charge on any atom is 0.264 e. The molecular formula is C12H10BrF2N3O2S. The van der Waals surface area contributed by atoms with Gasteiger partial charge in [-0.25, -0.2) is 22.2 Å². The van der Waals surface area contributed by atoms with Gasteiger partial charge in [-0.2, -0.15) is 0 Å². The van der Waals surface area contributed by atoms with Crippen LogP contribution >= 0.6 is 15.9 Å². The second-order valence-corrected chi connectivity index (χ2v) is 6.61. The van der Waals surface area contributed by atoms with E-state index in [2.05, 4.69) is 25.6 Å². The van der Waals surface area contributed by atoms with Gasteiger partial charge < -0.3 is 5.73 Å². The van der Waals surface area contributed by atoms with Crippen LogP contribution in [0.4, 0.5) is 20.2 Å². The highest BCUT2D eigenvalue weighted by Gasteiger charge is 2.23. The third-order valence-corrected chi connectivity index (χ3v) is 4.88. The molecule has 0 saturated heterocycles. The Bertz CT molecular complexity index is 812. The van der Waals surface area contributed by atoms with Gasteiger partial charge in [0.1, 0.15) is 21.0 Å². The van der Waals surface area contributed by atoms with Crippen molar-refractivity contribution in [3.8, 4) is 0 Å². The molecule has 2 aromatic rings. The normalized spacial score (nSPS) is 11.4. The van der Waals surface area contributed by atoms with Crippen LogP contribution in [-0.4, -0.2) is 13.4 Å². The molecule has 0 bridgehead atoms. The summed E-state index contributed by atoms with van der Waals surface area (Å²) in [4.78, 5) is 3.19. The molecule has 112 valence electrons. The average Bonchev–Trinajstić information content (AvgIpc) is 2.39. The molecule has 2 rings (SSSR count). The van der Waals surface area contributed by atoms with Gasteiger partial charge >= 0.3 is 0 Å². The van der Waals surface area contributed by atoms with Crippen molar-refractivity contribution in [1.82, 2.24) is 4.98 Å². The Balaban J connectivity index is 2.43. The summed E-state index contributed by atoms with van der Waals surface area (Å²) in [7, 11) is -4.24. The van der Waals surface area contributed by atoms with Gasteiger partial charge in [0.15, 0.2) is 5.82 Å². The highest BCUT2D eigenvalue weighted by atomic mass is 79.9. The number of benzene rings is 1. The number of halogens is 3. The Labute approximate surface area is 128 Å². The van der Waals surface area contributed by atoms with E-state index in [1.165, 1.54) is 12.3 Å². The summed E-state index contributed by atoms with van der Waals surface area (Å²) < 4.78 is 53.8. The van der Waals surface area contributed by atoms with Crippen molar-refractivity contribution in [2.45, 2.75) is 11.8 Å². The van der Waals surface area contributed by atoms with Gasteiger partial charge in [0.2, 0.25) is 0 Å². The van der Waals surface area contributed by atoms with E-state index in [1.54, 1.807) is 6.92 Å². The largest absolute Gasteiger partial charge is 0.394 e. The number of hydrogen-bond acceptors (Lipinski definition) is 4. The Morgan fingerprint density at radius 2 is 2.00 bits per heavy atom. The van der Waals surface area contributed by atoms with Gasteiger partial charge in [0.25, 0.3) is 10.0 Å². The van der Waals surface area contributed by atoms with Crippen molar-refractivity contribution in [3.05, 3.63) is 46.2 Å². The molecule has 9 heteroatoms. The first kappa shape index (κ1) is 15.6. The molecule has 0 spiro atoms. The van der Waals surface area contributed by atoms with E-state index in [-0.39, 0.29) is 5.69 Å². The smallest absolute Gasteiger partial charge is 0.264 e. The lowest BCUT2D eigenvalue weighted by molar-refractivity contribution is 0.557. The van der Waals surface area contributed by atoms with E-state index in [4.69, 9.17) is 5.73 Å². The van der Waals surface area contributed by atoms with Gasteiger partial charge in [0.05, 0.1) is 11.9 Å². The van der Waals surface area contributed by atoms with Gasteiger partial charge in [-0.3, -0.25) is 4.72 Å². The lowest BCUT2D eigenvalue weighted by atomic mass is 10.3. The molecule has 0 unspecified atom stereocenters. The molecule has 0 amide bonds. The molecule has 21 heavy (non-hydrogen) atoms. The fourth-order valence-corrected chi connectivity index (χ4v) is 2.92. The Kier molecular flexibility index (Phi) is 4.15. The summed E-state index contributed by atoms with van der Waals surface area (Å²) in [5.74, 6) is -2.35. The van der Waals surface area contributed by atoms with Crippen molar-refractivity contribution in [1.29, 1.82) is 0 Å². The zero-order valence-corrected chi connectivity index (χ0v) is 13.1. The van der Waals surface area contributed by atoms with Crippen LogP contribution in [0, 0.1) is 18.6 Å². The van der Waals surface area contributed by atoms with E-state index >= 15 is 0 Å². The van der Waals surface area contributed by atoms with Gasteiger partial charge in [-0.1, -0.05) is 0 Å². The van der Waals surface area contributed by atoms with E-state index < -0.39 is 32.2 Å². The predicted molar refractivity (Wildman–Crippen MR) is 78.3 cm³/mol. The molecule has 5 nitrogen and oxygen atoms in total. The third-order valence-electron chi connectivity index (χ3n) is 2.65. The van der Waals surface area contributed by atoms with Crippen molar-refractivity contribution >= 4 is 37.3 Å². The fraction of sp³-hybridized carbons (Fsp3) is 0.0833. The number of nitrogens with one attached hydrogen (secondary N) is 1. The zero-order chi connectivity index (χ0) is 15.8. The van der Waals surface area contributed by atoms with Crippen LogP contribution in [0.15, 0.2) is 33.9 Å². The van der Waals surface area contributed by atoms with Crippen LogP contribution in [0.3, 0.4) is 0 Å². The van der Waals surface area contributed by atoms with Crippen LogP contribution in [-0.2, 0) is 10.0 Å². The van der Waals surface area contributed by atoms with E-state index in [0.717, 1.165) is 12.1 Å². The lowest BCUT2D eigenvalue weighted by Crippen LogP contribution is -2.16. The second kappa shape index (κ2) is 5.57. The first-order chi connectivity index (χ1) is 9.72. The number of hydrogen-bond donors (Lipinski definition) is 2. The van der Waals surface area contributed by atoms with Gasteiger partial charge in [-0.15, -0.1) is 0 Å². The molecule has 0 aliphatic carbocycles. The lowest BCUT2D eigenvalue weighted by Gasteiger charge is -2.11. The van der Waals surface area contributed by atoms with Crippen LogP contribution in [0.2, 0.25) is 0 Å². The summed E-state index contributed by atoms with van der Waals surface area (Å²) in [5, 5.41) is 0. The van der Waals surface area contributed by atoms with E-state index in [9.17, 15) is 17.2 Å². The number of nitrogens with zero attached hydrogens (tertiary/aromatic N) is 1. The summed E-state index contributed by atoms with van der Waals surface area (Å²) in [6.45, 7) is 1.71. The fourth-order valence-electron chi connectivity index (χ4n) is 1.58. The Morgan fingerprint density at radius 1 is 1.33 bits per heavy atom. The summed E-state index contributed by atoms with van der Waals surface area (Å²) in [5.41, 5.74) is 5.15. The summed E-state index contributed by atoms with van der Waals surface area (Å²) in [6.07, 6.45) is 1.26. The summed E-state index contributed by atoms with van der Waals surface area (Å²) >= 11 is 3.18. The van der Waals surface area contributed by atoms with E-state index in [1.807, 2.05) is 0 Å². The number of nitrogen functional groups attached to an aromatic ring is 1. The molecule has 1 heterocycles. The van der Waals surface area contributed by atoms with Crippen molar-refractivity contribution in [2.24, 2.45) is 0 Å². The van der Waals surface area contributed by atoms with Gasteiger partial charge in [-0.05, 0) is 46.6 Å². The van der Waals surface area contributed by atoms with Crippen molar-refractivity contribution < 1.29 is 17.2 Å². The monoisotopic (exact) mass is 377 g/mol. The van der Waals surface area contributed by atoms with Crippen LogP contribution in [0.25, 0.3) is 0 Å². The molecule has 1 aromatic carbocycles. The topological polar surface area (TPSA) is 85.1 Å². The first-order valence-electron chi connectivity index (χ1n) is 5.61. The molecule has 3 N–H and O–H groups in total. The third kappa shape index (κ3) is 3.13. The minimum absolute atomic E-state index is 0.151. The van der Waals surface area contributed by atoms with Crippen LogP contribution < -0.4 is 10.5 Å². The molecule has 0 radical (unpaired) electrons. The minimum Gasteiger partial charge on any atom is -0.394 e. The van der Waals surface area contributed by atoms with Crippen LogP contribution in [0.5, 0.6) is 0 Å². The number of anilines is 2. The van der Waals surface area contributed by atoms with Gasteiger partial charge in [0, 0.05) is 0 Å². The maximum absolute atomic E-state index is 13.8. The number of sulfonamides is 1. The van der Waals surface area contributed by atoms with Crippen LogP contribution in [0.1, 0.15) is 5.56 Å². The molecule has 0 atom stereocenters. The maximum atomic E-state index is 13.8. The highest BCUT2D eigenvalue weighted by Crippen LogP contribution is 2.25. The standard InChI is InChI=1S/C12H10BrF2N3O2S/c1-6-4-7(5-17-12(6)13)18-21(19,20)9-3-2-8(14)11(16)10(9)15/h2-5,18H,16H2,1H3. The zero-order valence-electron chi connectivity index (χ0n) is 10.7. The molecule has 0 fully saturated rings. The second-order valence-electron chi connectivity index (χ2n) is 4.21. The molecule has 0 aliphatic heterocycles. The Morgan fingerprint density at radius 3 is 2.62 bits per heavy atom. The average molecular weight is 378 g/mol. The number of nitrogens with two attached hydrogens (primary N) is 1. The SMILES string of the molecule is Cc1cc(NS(=O)(=O)c2ccc(F)c(N)c2F)cnc1Br. The molecule has 0 saturated carbocycles. The number of aryl methyl sites for hydroxylation is 1. The number of rotatable bonds is 3. The Hall–Kier alpha value is -1.74. The van der Waals surface area contributed by atoms with Crippen molar-refractivity contribution in [2.75, 3.05) is 10.5 Å². The highest BCUT2D eigenvalue weighted by molar-refractivity contribution is 9.10. The molecule has 1 aromatic heterocycles. The number of aromatic nitrogens is 1. The minimum atomic E-state index is -4.24.